The summed E-state index contributed by atoms with van der Waals surface area (Å²) in [5.74, 6) is 0.855. The molecule has 80 heavy (non-hydrogen) atoms. The average molecular weight is 1130 g/mol. The minimum absolute atomic E-state index is 0.0113. The molecule has 6 N–H and O–H groups in total. The number of hydrogen-bond donors (Lipinski definition) is 6. The van der Waals surface area contributed by atoms with E-state index in [0.717, 1.165) is 71.2 Å². The normalized spacial score (nSPS) is 19.5. The van der Waals surface area contributed by atoms with Crippen molar-refractivity contribution in [2.24, 2.45) is 10.8 Å². The van der Waals surface area contributed by atoms with Crippen LogP contribution in [0.25, 0.3) is 11.3 Å². The maximum Gasteiger partial charge on any atom is 0.407 e. The maximum absolute atomic E-state index is 16.1. The zero-order chi connectivity index (χ0) is 58.1. The summed E-state index contributed by atoms with van der Waals surface area (Å²) in [6.45, 7) is 3.20. The van der Waals surface area contributed by atoms with Crippen molar-refractivity contribution in [2.45, 2.75) is 127 Å². The summed E-state index contributed by atoms with van der Waals surface area (Å²) in [5, 5.41) is 32.3. The van der Waals surface area contributed by atoms with E-state index in [2.05, 4.69) is 46.8 Å². The third-order valence-electron chi connectivity index (χ3n) is 15.2. The molecule has 3 saturated heterocycles. The number of halogens is 8. The van der Waals surface area contributed by atoms with E-state index in [0.29, 0.717) is 73.5 Å². The molecule has 2 bridgehead atoms. The van der Waals surface area contributed by atoms with Crippen molar-refractivity contribution in [3.63, 3.8) is 0 Å². The van der Waals surface area contributed by atoms with Gasteiger partial charge in [0.25, 0.3) is 5.91 Å². The molecular formula is C53H61F8N11O8. The van der Waals surface area contributed by atoms with E-state index >= 15 is 8.78 Å². The molecule has 5 heterocycles. The van der Waals surface area contributed by atoms with Gasteiger partial charge in [0.05, 0.1) is 66.6 Å². The average Bonchev–Trinajstić information content (AvgIpc) is 4.09. The van der Waals surface area contributed by atoms with E-state index in [1.807, 2.05) is 10.7 Å². The molecule has 8 rings (SSSR count). The number of carbonyl (C=O) groups excluding carboxylic acids is 3. The van der Waals surface area contributed by atoms with Gasteiger partial charge in [-0.15, -0.1) is 0 Å². The fraction of sp³-hybridized carbons (Fsp3) is 0.528. The van der Waals surface area contributed by atoms with Gasteiger partial charge in [-0.25, -0.2) is 33.3 Å². The highest BCUT2D eigenvalue weighted by molar-refractivity contribution is 5.87. The quantitative estimate of drug-likeness (QED) is 0.0367. The fourth-order valence-corrected chi connectivity index (χ4v) is 9.94. The number of aliphatic hydroxyl groups is 1. The Hall–Kier alpha value is -7.15. The molecule has 0 radical (unpaired) electrons. The third kappa shape index (κ3) is 13.4. The van der Waals surface area contributed by atoms with Crippen molar-refractivity contribution in [1.82, 2.24) is 51.0 Å². The highest BCUT2D eigenvalue weighted by atomic mass is 19.4. The summed E-state index contributed by atoms with van der Waals surface area (Å²) in [6.07, 6.45) is -7.73. The van der Waals surface area contributed by atoms with Gasteiger partial charge in [0.2, 0.25) is 11.9 Å². The number of fused-ring (bicyclic) bond motifs is 2. The zero-order valence-electron chi connectivity index (χ0n) is 44.2. The Morgan fingerprint density at radius 2 is 1.35 bits per heavy atom. The Bertz CT molecular complexity index is 2920. The lowest BCUT2D eigenvalue weighted by Gasteiger charge is -2.47. The van der Waals surface area contributed by atoms with Gasteiger partial charge < -0.3 is 40.5 Å². The second-order valence-corrected chi connectivity index (χ2v) is 21.6. The largest absolute Gasteiger partial charge is 0.465 e. The van der Waals surface area contributed by atoms with Crippen LogP contribution in [0.15, 0.2) is 61.1 Å². The topological polar surface area (TPSA) is 229 Å². The van der Waals surface area contributed by atoms with Gasteiger partial charge in [-0.3, -0.25) is 24.6 Å². The molecule has 4 fully saturated rings. The van der Waals surface area contributed by atoms with Gasteiger partial charge in [0, 0.05) is 73.5 Å². The van der Waals surface area contributed by atoms with Gasteiger partial charge in [0.15, 0.2) is 0 Å². The molecule has 1 saturated carbocycles. The van der Waals surface area contributed by atoms with Crippen LogP contribution in [-0.2, 0) is 32.0 Å². The number of alkyl halides is 6. The van der Waals surface area contributed by atoms with Gasteiger partial charge in [-0.2, -0.15) is 31.4 Å². The van der Waals surface area contributed by atoms with Gasteiger partial charge in [-0.1, -0.05) is 24.0 Å². The number of rotatable bonds is 19. The van der Waals surface area contributed by atoms with E-state index in [4.69, 9.17) is 4.74 Å². The first-order valence-electron chi connectivity index (χ1n) is 25.7. The number of alkyl carbamates (subject to hydrolysis) is 1. The summed E-state index contributed by atoms with van der Waals surface area (Å²) in [6, 6.07) is 3.98. The first kappa shape index (κ1) is 59.0. The molecule has 432 valence electrons. The summed E-state index contributed by atoms with van der Waals surface area (Å²) in [7, 11) is 0.838. The summed E-state index contributed by atoms with van der Waals surface area (Å²) in [4.78, 5) is 66.1. The molecule has 4 amide bonds. The van der Waals surface area contributed by atoms with Crippen molar-refractivity contribution < 1.29 is 74.0 Å². The van der Waals surface area contributed by atoms with E-state index < -0.39 is 108 Å². The number of nitrogens with zero attached hydrogens (tertiary/aromatic N) is 7. The van der Waals surface area contributed by atoms with Gasteiger partial charge in [0.1, 0.15) is 23.7 Å². The standard InChI is InChI=1S/C53H61F8N11O8/c1-50(2,52(56,57)58)43(66-49(78)79-5)45(74)64-41(18-30-9-6-29(7-10-30)8-11-31-21-62-47(63-22-31)69-23-34-14-15-35(24-69)72(34)36-27-80-28-36)42(73)26-70(68-46(75)44(65-48(76)77)51(3,4)53(59,60)61)25-37-38(54)19-32(20-39(37)55)40-16-17-71(67-40)33-12-13-33/h6-7,9-10,16-17,19-22,33-36,41-44,65,73H,12-15,18,23-28H2,1-5H3,(H,64,74)(H,66,78)(H,68,75)(H,76,77). The summed E-state index contributed by atoms with van der Waals surface area (Å²) >= 11 is 0. The first-order chi connectivity index (χ1) is 37.6. The third-order valence-corrected chi connectivity index (χ3v) is 15.2. The Kier molecular flexibility index (Phi) is 17.3. The molecule has 4 aliphatic rings. The van der Waals surface area contributed by atoms with Crippen LogP contribution in [0.5, 0.6) is 0 Å². The number of hydrogen-bond acceptors (Lipinski definition) is 13. The smallest absolute Gasteiger partial charge is 0.407 e. The van der Waals surface area contributed by atoms with Crippen LogP contribution in [0.2, 0.25) is 0 Å². The lowest BCUT2D eigenvalue weighted by molar-refractivity contribution is -0.221. The van der Waals surface area contributed by atoms with Crippen LogP contribution >= 0.6 is 0 Å². The van der Waals surface area contributed by atoms with E-state index in [1.54, 1.807) is 35.4 Å². The molecular weight excluding hydrogens is 1070 g/mol. The Balaban J connectivity index is 1.07. The molecule has 6 atom stereocenters. The first-order valence-corrected chi connectivity index (χ1v) is 25.7. The highest BCUT2D eigenvalue weighted by Crippen LogP contribution is 2.42. The number of benzene rings is 2. The van der Waals surface area contributed by atoms with Crippen LogP contribution in [0.4, 0.5) is 50.7 Å². The van der Waals surface area contributed by atoms with Crippen molar-refractivity contribution in [1.29, 1.82) is 0 Å². The predicted molar refractivity (Wildman–Crippen MR) is 270 cm³/mol. The molecule has 2 aromatic heterocycles. The number of aromatic nitrogens is 4. The fourth-order valence-electron chi connectivity index (χ4n) is 9.94. The number of carboxylic acid groups (broad SMARTS) is 1. The number of hydrazine groups is 1. The predicted octanol–water partition coefficient (Wildman–Crippen LogP) is 5.86. The van der Waals surface area contributed by atoms with E-state index in [-0.39, 0.29) is 17.3 Å². The van der Waals surface area contributed by atoms with E-state index in [9.17, 15) is 55.7 Å². The van der Waals surface area contributed by atoms with Crippen molar-refractivity contribution in [2.75, 3.05) is 44.9 Å². The SMILES string of the molecule is COC(=O)NC(C(=O)NC(Cc1ccc(C#Cc2cnc(N3CC4CCC(C3)N4C3COC3)nc2)cc1)C(O)CN(Cc1c(F)cc(-c2ccn(C3CC3)n2)cc1F)NC(=O)C(NC(=O)O)C(C)(C)C(F)(F)F)C(C)(C)C(F)(F)F. The molecule has 19 nitrogen and oxygen atoms in total. The molecule has 27 heteroatoms. The highest BCUT2D eigenvalue weighted by Gasteiger charge is 2.57. The zero-order valence-corrected chi connectivity index (χ0v) is 44.2. The number of amides is 4. The van der Waals surface area contributed by atoms with Crippen LogP contribution < -0.4 is 26.3 Å². The number of nitrogens with one attached hydrogen (secondary N) is 4. The van der Waals surface area contributed by atoms with Crippen LogP contribution in [0.1, 0.15) is 81.7 Å². The maximum atomic E-state index is 16.1. The van der Waals surface area contributed by atoms with Gasteiger partial charge >= 0.3 is 24.5 Å². The summed E-state index contributed by atoms with van der Waals surface area (Å²) in [5.41, 5.74) is -3.50. The molecule has 3 aliphatic heterocycles. The second kappa shape index (κ2) is 23.5. The second-order valence-electron chi connectivity index (χ2n) is 21.6. The monoisotopic (exact) mass is 1130 g/mol. The number of anilines is 1. The lowest BCUT2D eigenvalue weighted by Crippen LogP contribution is -2.63. The molecule has 1 aliphatic carbocycles. The number of methoxy groups -OCH3 is 1. The Labute approximate surface area is 454 Å². The Morgan fingerprint density at radius 1 is 0.787 bits per heavy atom. The molecule has 6 unspecified atom stereocenters. The van der Waals surface area contributed by atoms with Gasteiger partial charge in [-0.05, 0) is 95.7 Å². The molecule has 2 aromatic carbocycles. The molecule has 0 spiro atoms. The van der Waals surface area contributed by atoms with Crippen LogP contribution in [0.3, 0.4) is 0 Å². The number of aliphatic hydroxyl groups excluding tert-OH is 1. The minimum atomic E-state index is -5.24. The van der Waals surface area contributed by atoms with Crippen LogP contribution in [0, 0.1) is 34.3 Å². The lowest BCUT2D eigenvalue weighted by atomic mass is 9.82. The Morgan fingerprint density at radius 3 is 1.88 bits per heavy atom. The number of carbonyl (C=O) groups is 4. The van der Waals surface area contributed by atoms with Crippen molar-refractivity contribution in [3.05, 3.63) is 94.9 Å². The minimum Gasteiger partial charge on any atom is -0.465 e. The number of ether oxygens (including phenoxy) is 2. The van der Waals surface area contributed by atoms with Crippen LogP contribution in [-0.4, -0.2) is 159 Å². The van der Waals surface area contributed by atoms with Crippen molar-refractivity contribution in [3.8, 4) is 23.1 Å². The number of piperazine rings is 1. The molecule has 4 aromatic rings. The summed E-state index contributed by atoms with van der Waals surface area (Å²) < 4.78 is 131. The van der Waals surface area contributed by atoms with E-state index in [1.165, 1.54) is 23.5 Å². The van der Waals surface area contributed by atoms with Crippen molar-refractivity contribution >= 4 is 29.9 Å².